The van der Waals surface area contributed by atoms with Gasteiger partial charge in [0.1, 0.15) is 6.04 Å². The predicted molar refractivity (Wildman–Crippen MR) is 55.6 cm³/mol. The van der Waals surface area contributed by atoms with Crippen molar-refractivity contribution >= 4 is 17.7 Å². The van der Waals surface area contributed by atoms with E-state index in [9.17, 15) is 4.79 Å². The molecule has 14 heavy (non-hydrogen) atoms. The van der Waals surface area contributed by atoms with Crippen molar-refractivity contribution in [3.63, 3.8) is 0 Å². The summed E-state index contributed by atoms with van der Waals surface area (Å²) in [4.78, 5) is 10.3. The molecule has 0 aromatic rings. The second-order valence-electron chi connectivity index (χ2n) is 2.62. The van der Waals surface area contributed by atoms with E-state index in [1.807, 2.05) is 0 Å². The first kappa shape index (κ1) is 13.7. The number of carbonyl (C=O) groups is 1. The number of rotatable bonds is 9. The predicted octanol–water partition coefficient (Wildman–Crippen LogP) is -0.205. The van der Waals surface area contributed by atoms with Crippen LogP contribution in [0, 0.1) is 0 Å². The molecule has 0 unspecified atom stereocenters. The van der Waals surface area contributed by atoms with Gasteiger partial charge in [-0.1, -0.05) is 0 Å². The summed E-state index contributed by atoms with van der Waals surface area (Å²) in [6.07, 6.45) is 0. The van der Waals surface area contributed by atoms with Crippen LogP contribution in [0.4, 0.5) is 0 Å². The highest BCUT2D eigenvalue weighted by Crippen LogP contribution is 2.01. The molecule has 0 aromatic carbocycles. The first-order valence-corrected chi connectivity index (χ1v) is 5.46. The molecule has 3 N–H and O–H groups in total. The average molecular weight is 223 g/mol. The minimum atomic E-state index is -0.960. The number of carboxylic acid groups (broad SMARTS) is 1. The van der Waals surface area contributed by atoms with E-state index in [0.717, 1.165) is 5.75 Å². The number of hydrogen-bond acceptors (Lipinski definition) is 5. The molecule has 1 atom stereocenters. The monoisotopic (exact) mass is 223 g/mol. The molecular weight excluding hydrogens is 206 g/mol. The zero-order valence-electron chi connectivity index (χ0n) is 8.27. The molecule has 0 fully saturated rings. The second-order valence-corrected chi connectivity index (χ2v) is 3.77. The van der Waals surface area contributed by atoms with Crippen LogP contribution >= 0.6 is 11.8 Å². The van der Waals surface area contributed by atoms with E-state index in [1.54, 1.807) is 7.11 Å². The molecule has 0 heterocycles. The lowest BCUT2D eigenvalue weighted by molar-refractivity contribution is -0.137. The summed E-state index contributed by atoms with van der Waals surface area (Å²) in [7, 11) is 1.62. The van der Waals surface area contributed by atoms with E-state index >= 15 is 0 Å². The topological polar surface area (TPSA) is 81.8 Å². The summed E-state index contributed by atoms with van der Waals surface area (Å²) in [5.74, 6) is 0.214. The smallest absolute Gasteiger partial charge is 0.321 e. The van der Waals surface area contributed by atoms with Gasteiger partial charge in [-0.25, -0.2) is 0 Å². The van der Waals surface area contributed by atoms with Gasteiger partial charge in [-0.15, -0.1) is 0 Å². The number of hydrogen-bond donors (Lipinski definition) is 2. The van der Waals surface area contributed by atoms with Gasteiger partial charge in [0, 0.05) is 18.6 Å². The lowest BCUT2D eigenvalue weighted by Gasteiger charge is -2.06. The van der Waals surface area contributed by atoms with Crippen molar-refractivity contribution in [3.8, 4) is 0 Å². The lowest BCUT2D eigenvalue weighted by atomic mass is 10.4. The summed E-state index contributed by atoms with van der Waals surface area (Å²) < 4.78 is 9.97. The summed E-state index contributed by atoms with van der Waals surface area (Å²) in [5, 5.41) is 8.47. The van der Waals surface area contributed by atoms with E-state index in [4.69, 9.17) is 20.3 Å². The number of methoxy groups -OCH3 is 1. The highest BCUT2D eigenvalue weighted by atomic mass is 32.2. The summed E-state index contributed by atoms with van der Waals surface area (Å²) >= 11 is 1.48. The zero-order valence-corrected chi connectivity index (χ0v) is 9.09. The number of nitrogens with two attached hydrogens (primary N) is 1. The van der Waals surface area contributed by atoms with Gasteiger partial charge in [0.15, 0.2) is 0 Å². The largest absolute Gasteiger partial charge is 0.480 e. The summed E-state index contributed by atoms with van der Waals surface area (Å²) in [5.41, 5.74) is 5.30. The Morgan fingerprint density at radius 3 is 2.79 bits per heavy atom. The standard InChI is InChI=1S/C8H17NO4S/c1-12-2-3-13-4-5-14-6-7(9)8(10)11/h7H,2-6,9H2,1H3,(H,10,11)/t7-/m1/s1. The summed E-state index contributed by atoms with van der Waals surface area (Å²) in [6.45, 7) is 1.75. The fraction of sp³-hybridized carbons (Fsp3) is 0.875. The minimum Gasteiger partial charge on any atom is -0.480 e. The molecule has 6 heteroatoms. The molecule has 84 valence electrons. The molecule has 0 rings (SSSR count). The first-order chi connectivity index (χ1) is 6.68. The number of carboxylic acids is 1. The van der Waals surface area contributed by atoms with E-state index in [2.05, 4.69) is 0 Å². The van der Waals surface area contributed by atoms with Crippen molar-refractivity contribution in [2.75, 3.05) is 38.4 Å². The maximum absolute atomic E-state index is 10.3. The van der Waals surface area contributed by atoms with Crippen LogP contribution in [0.2, 0.25) is 0 Å². The van der Waals surface area contributed by atoms with Gasteiger partial charge >= 0.3 is 5.97 Å². The average Bonchev–Trinajstić information content (AvgIpc) is 2.16. The van der Waals surface area contributed by atoms with E-state index in [0.29, 0.717) is 25.6 Å². The third-order valence-electron chi connectivity index (χ3n) is 1.42. The third kappa shape index (κ3) is 8.31. The Labute approximate surface area is 87.9 Å². The first-order valence-electron chi connectivity index (χ1n) is 4.31. The van der Waals surface area contributed by atoms with Crippen LogP contribution in [0.3, 0.4) is 0 Å². The normalized spacial score (nSPS) is 12.7. The highest BCUT2D eigenvalue weighted by Gasteiger charge is 2.10. The molecular formula is C8H17NO4S. The lowest BCUT2D eigenvalue weighted by Crippen LogP contribution is -2.32. The van der Waals surface area contributed by atoms with Gasteiger partial charge in [0.2, 0.25) is 0 Å². The van der Waals surface area contributed by atoms with Gasteiger partial charge in [0.05, 0.1) is 19.8 Å². The van der Waals surface area contributed by atoms with Crippen LogP contribution in [0.25, 0.3) is 0 Å². The molecule has 0 bridgehead atoms. The molecule has 0 radical (unpaired) electrons. The highest BCUT2D eigenvalue weighted by molar-refractivity contribution is 7.99. The Balaban J connectivity index is 3.09. The van der Waals surface area contributed by atoms with E-state index < -0.39 is 12.0 Å². The molecule has 0 aliphatic heterocycles. The Kier molecular flexibility index (Phi) is 9.06. The fourth-order valence-corrected chi connectivity index (χ4v) is 1.44. The minimum absolute atomic E-state index is 0.420. The maximum atomic E-state index is 10.3. The number of aliphatic carboxylic acids is 1. The van der Waals surface area contributed by atoms with Crippen LogP contribution in [0.1, 0.15) is 0 Å². The Morgan fingerprint density at radius 2 is 2.21 bits per heavy atom. The number of ether oxygens (including phenoxy) is 2. The van der Waals surface area contributed by atoms with E-state index in [-0.39, 0.29) is 0 Å². The maximum Gasteiger partial charge on any atom is 0.321 e. The molecule has 0 saturated carbocycles. The second kappa shape index (κ2) is 9.26. The van der Waals surface area contributed by atoms with Gasteiger partial charge in [-0.3, -0.25) is 4.79 Å². The van der Waals surface area contributed by atoms with Crippen molar-refractivity contribution in [3.05, 3.63) is 0 Å². The molecule has 0 aromatic heterocycles. The third-order valence-corrected chi connectivity index (χ3v) is 2.47. The molecule has 5 nitrogen and oxygen atoms in total. The molecule has 0 aliphatic carbocycles. The molecule has 0 spiro atoms. The van der Waals surface area contributed by atoms with E-state index in [1.165, 1.54) is 11.8 Å². The SMILES string of the molecule is COCCOCCSC[C@@H](N)C(=O)O. The van der Waals surface area contributed by atoms with Crippen molar-refractivity contribution in [1.82, 2.24) is 0 Å². The number of thioether (sulfide) groups is 1. The van der Waals surface area contributed by atoms with Crippen LogP contribution in [-0.4, -0.2) is 55.6 Å². The van der Waals surface area contributed by atoms with Crippen molar-refractivity contribution < 1.29 is 19.4 Å². The Morgan fingerprint density at radius 1 is 1.50 bits per heavy atom. The molecule has 0 saturated heterocycles. The summed E-state index contributed by atoms with van der Waals surface area (Å²) in [6, 6.07) is -0.779. The van der Waals surface area contributed by atoms with Crippen molar-refractivity contribution in [2.45, 2.75) is 6.04 Å². The molecule has 0 aliphatic rings. The van der Waals surface area contributed by atoms with Crippen molar-refractivity contribution in [2.24, 2.45) is 5.73 Å². The van der Waals surface area contributed by atoms with Crippen LogP contribution in [-0.2, 0) is 14.3 Å². The van der Waals surface area contributed by atoms with Gasteiger partial charge < -0.3 is 20.3 Å². The van der Waals surface area contributed by atoms with Gasteiger partial charge in [-0.2, -0.15) is 11.8 Å². The van der Waals surface area contributed by atoms with Gasteiger partial charge in [0.25, 0.3) is 0 Å². The Bertz CT molecular complexity index is 156. The zero-order chi connectivity index (χ0) is 10.8. The van der Waals surface area contributed by atoms with Crippen molar-refractivity contribution in [1.29, 1.82) is 0 Å². The van der Waals surface area contributed by atoms with Crippen LogP contribution < -0.4 is 5.73 Å². The Hall–Kier alpha value is -0.300. The van der Waals surface area contributed by atoms with Crippen LogP contribution in [0.5, 0.6) is 0 Å². The van der Waals surface area contributed by atoms with Gasteiger partial charge in [-0.05, 0) is 0 Å². The van der Waals surface area contributed by atoms with Crippen LogP contribution in [0.15, 0.2) is 0 Å². The fourth-order valence-electron chi connectivity index (χ4n) is 0.644. The molecule has 0 amide bonds. The quantitative estimate of drug-likeness (QED) is 0.527.